The Bertz CT molecular complexity index is 448. The summed E-state index contributed by atoms with van der Waals surface area (Å²) in [4.78, 5) is 23.9. The quantitative estimate of drug-likeness (QED) is 0.485. The van der Waals surface area contributed by atoms with Gasteiger partial charge in [-0.3, -0.25) is 9.59 Å². The number of hydrogen-bond acceptors (Lipinski definition) is 4. The topological polar surface area (TPSA) is 52.6 Å². The molecule has 0 bridgehead atoms. The molecule has 2 rings (SSSR count). The van der Waals surface area contributed by atoms with Gasteiger partial charge in [-0.05, 0) is 12.1 Å². The van der Waals surface area contributed by atoms with Crippen molar-refractivity contribution < 1.29 is 19.1 Å². The Balaban J connectivity index is 2.29. The van der Waals surface area contributed by atoms with E-state index in [0.717, 1.165) is 4.47 Å². The van der Waals surface area contributed by atoms with E-state index in [0.29, 0.717) is 5.56 Å². The lowest BCUT2D eigenvalue weighted by atomic mass is 9.78. The monoisotopic (exact) mass is 298 g/mol. The normalized spacial score (nSPS) is 17.1. The van der Waals surface area contributed by atoms with Gasteiger partial charge in [-0.25, -0.2) is 0 Å². The van der Waals surface area contributed by atoms with Crippen molar-refractivity contribution in [2.45, 2.75) is 0 Å². The minimum Gasteiger partial charge on any atom is -0.468 e. The highest BCUT2D eigenvalue weighted by atomic mass is 79.9. The van der Waals surface area contributed by atoms with Crippen molar-refractivity contribution in [1.29, 1.82) is 0 Å². The molecule has 0 N–H and O–H groups in total. The third-order valence-electron chi connectivity index (χ3n) is 2.81. The van der Waals surface area contributed by atoms with Crippen LogP contribution in [0.4, 0.5) is 0 Å². The van der Waals surface area contributed by atoms with E-state index in [-0.39, 0.29) is 19.0 Å². The zero-order chi connectivity index (χ0) is 12.5. The first-order chi connectivity index (χ1) is 8.10. The molecule has 0 radical (unpaired) electrons. The second kappa shape index (κ2) is 4.58. The molecule has 0 spiro atoms. The minimum atomic E-state index is -1.15. The molecular formula is C12H11BrO4. The predicted molar refractivity (Wildman–Crippen MR) is 63.7 cm³/mol. The standard InChI is InChI=1S/C12H11BrO4/c1-16-11(15)12(6-17-7-12)10(14)8-2-4-9(13)5-3-8/h2-5H,6-7H2,1H3. The van der Waals surface area contributed by atoms with E-state index in [1.807, 2.05) is 0 Å². The van der Waals surface area contributed by atoms with Crippen LogP contribution in [0.25, 0.3) is 0 Å². The summed E-state index contributed by atoms with van der Waals surface area (Å²) in [7, 11) is 1.28. The third-order valence-corrected chi connectivity index (χ3v) is 3.34. The molecule has 0 saturated carbocycles. The first-order valence-electron chi connectivity index (χ1n) is 5.07. The van der Waals surface area contributed by atoms with E-state index in [9.17, 15) is 9.59 Å². The molecule has 1 aliphatic heterocycles. The Hall–Kier alpha value is -1.20. The fraction of sp³-hybridized carbons (Fsp3) is 0.333. The smallest absolute Gasteiger partial charge is 0.324 e. The molecule has 17 heavy (non-hydrogen) atoms. The van der Waals surface area contributed by atoms with Gasteiger partial charge >= 0.3 is 5.97 Å². The summed E-state index contributed by atoms with van der Waals surface area (Å²) < 4.78 is 10.6. The molecule has 1 fully saturated rings. The summed E-state index contributed by atoms with van der Waals surface area (Å²) in [6.45, 7) is 0.184. The molecule has 4 nitrogen and oxygen atoms in total. The van der Waals surface area contributed by atoms with Gasteiger partial charge < -0.3 is 9.47 Å². The SMILES string of the molecule is COC(=O)C1(C(=O)c2ccc(Br)cc2)COC1. The second-order valence-corrected chi connectivity index (χ2v) is 4.82. The van der Waals surface area contributed by atoms with Crippen LogP contribution in [-0.4, -0.2) is 32.1 Å². The van der Waals surface area contributed by atoms with Crippen LogP contribution < -0.4 is 0 Å². The maximum Gasteiger partial charge on any atom is 0.324 e. The Morgan fingerprint density at radius 2 is 1.88 bits per heavy atom. The fourth-order valence-electron chi connectivity index (χ4n) is 1.72. The molecule has 1 aliphatic rings. The van der Waals surface area contributed by atoms with Gasteiger partial charge in [0.2, 0.25) is 0 Å². The molecule has 1 aromatic carbocycles. The predicted octanol–water partition coefficient (Wildman–Crippen LogP) is 1.82. The zero-order valence-electron chi connectivity index (χ0n) is 9.23. The van der Waals surface area contributed by atoms with Gasteiger partial charge in [0.1, 0.15) is 0 Å². The van der Waals surface area contributed by atoms with Gasteiger partial charge in [-0.2, -0.15) is 0 Å². The van der Waals surface area contributed by atoms with Crippen molar-refractivity contribution in [2.24, 2.45) is 5.41 Å². The van der Waals surface area contributed by atoms with E-state index in [4.69, 9.17) is 4.74 Å². The highest BCUT2D eigenvalue weighted by molar-refractivity contribution is 9.10. The van der Waals surface area contributed by atoms with Crippen molar-refractivity contribution >= 4 is 27.7 Å². The maximum absolute atomic E-state index is 12.3. The molecule has 90 valence electrons. The Kier molecular flexibility index (Phi) is 3.31. The number of Topliss-reactive ketones (excluding diaryl/α,β-unsaturated/α-hetero) is 1. The van der Waals surface area contributed by atoms with Gasteiger partial charge in [0.15, 0.2) is 11.2 Å². The van der Waals surface area contributed by atoms with E-state index < -0.39 is 11.4 Å². The van der Waals surface area contributed by atoms with Crippen LogP contribution in [0, 0.1) is 5.41 Å². The number of carbonyl (C=O) groups is 2. The number of ketones is 1. The largest absolute Gasteiger partial charge is 0.468 e. The zero-order valence-corrected chi connectivity index (χ0v) is 10.8. The molecule has 0 aliphatic carbocycles. The lowest BCUT2D eigenvalue weighted by molar-refractivity contribution is -0.172. The molecule has 1 heterocycles. The van der Waals surface area contributed by atoms with Gasteiger partial charge in [-0.1, -0.05) is 28.1 Å². The molecule has 0 aromatic heterocycles. The van der Waals surface area contributed by atoms with Crippen molar-refractivity contribution in [3.63, 3.8) is 0 Å². The number of carbonyl (C=O) groups excluding carboxylic acids is 2. The first kappa shape index (κ1) is 12.3. The van der Waals surface area contributed by atoms with E-state index >= 15 is 0 Å². The minimum absolute atomic E-state index is 0.0918. The molecular weight excluding hydrogens is 288 g/mol. The first-order valence-corrected chi connectivity index (χ1v) is 5.86. The van der Waals surface area contributed by atoms with Crippen LogP contribution in [0.3, 0.4) is 0 Å². The lowest BCUT2D eigenvalue weighted by Crippen LogP contribution is -2.55. The highest BCUT2D eigenvalue weighted by Crippen LogP contribution is 2.33. The summed E-state index contributed by atoms with van der Waals surface area (Å²) in [5.41, 5.74) is -0.662. The van der Waals surface area contributed by atoms with E-state index in [1.54, 1.807) is 24.3 Å². The molecule has 1 saturated heterocycles. The summed E-state index contributed by atoms with van der Waals surface area (Å²) in [5, 5.41) is 0. The van der Waals surface area contributed by atoms with Gasteiger partial charge in [-0.15, -0.1) is 0 Å². The summed E-state index contributed by atoms with van der Waals surface area (Å²) in [6, 6.07) is 6.88. The third kappa shape index (κ3) is 2.00. The number of methoxy groups -OCH3 is 1. The number of esters is 1. The molecule has 5 heteroatoms. The number of ether oxygens (including phenoxy) is 2. The maximum atomic E-state index is 12.3. The van der Waals surface area contributed by atoms with Crippen molar-refractivity contribution in [3.05, 3.63) is 34.3 Å². The number of rotatable bonds is 3. The van der Waals surface area contributed by atoms with Gasteiger partial charge in [0, 0.05) is 10.0 Å². The number of benzene rings is 1. The Morgan fingerprint density at radius 1 is 1.29 bits per heavy atom. The van der Waals surface area contributed by atoms with Crippen molar-refractivity contribution in [2.75, 3.05) is 20.3 Å². The lowest BCUT2D eigenvalue weighted by Gasteiger charge is -2.36. The summed E-state index contributed by atoms with van der Waals surface area (Å²) in [6.07, 6.45) is 0. The van der Waals surface area contributed by atoms with E-state index in [1.165, 1.54) is 7.11 Å². The number of halogens is 1. The summed E-state index contributed by atoms with van der Waals surface area (Å²) >= 11 is 3.29. The molecule has 0 amide bonds. The van der Waals surface area contributed by atoms with Gasteiger partial charge in [0.05, 0.1) is 20.3 Å². The van der Waals surface area contributed by atoms with Crippen LogP contribution in [-0.2, 0) is 14.3 Å². The van der Waals surface area contributed by atoms with Crippen LogP contribution in [0.1, 0.15) is 10.4 Å². The van der Waals surface area contributed by atoms with Crippen molar-refractivity contribution in [1.82, 2.24) is 0 Å². The Morgan fingerprint density at radius 3 is 2.29 bits per heavy atom. The molecule has 0 atom stereocenters. The average molecular weight is 299 g/mol. The van der Waals surface area contributed by atoms with Crippen LogP contribution in [0.15, 0.2) is 28.7 Å². The van der Waals surface area contributed by atoms with Gasteiger partial charge in [0.25, 0.3) is 0 Å². The fourth-order valence-corrected chi connectivity index (χ4v) is 1.99. The van der Waals surface area contributed by atoms with Crippen molar-refractivity contribution in [3.8, 4) is 0 Å². The van der Waals surface area contributed by atoms with E-state index in [2.05, 4.69) is 20.7 Å². The summed E-state index contributed by atoms with van der Waals surface area (Å²) in [5.74, 6) is -0.778. The Labute approximate surface area is 107 Å². The van der Waals surface area contributed by atoms with Crippen LogP contribution in [0.5, 0.6) is 0 Å². The average Bonchev–Trinajstić information content (AvgIpc) is 2.28. The van der Waals surface area contributed by atoms with Crippen LogP contribution >= 0.6 is 15.9 Å². The number of hydrogen-bond donors (Lipinski definition) is 0. The molecule has 1 aromatic rings. The molecule has 0 unspecified atom stereocenters. The highest BCUT2D eigenvalue weighted by Gasteiger charge is 2.53. The van der Waals surface area contributed by atoms with Crippen LogP contribution in [0.2, 0.25) is 0 Å². The second-order valence-electron chi connectivity index (χ2n) is 3.90.